The Kier molecular flexibility index (Phi) is 5.43. The summed E-state index contributed by atoms with van der Waals surface area (Å²) in [5.41, 5.74) is 1.67. The van der Waals surface area contributed by atoms with Crippen molar-refractivity contribution >= 4 is 12.0 Å². The predicted molar refractivity (Wildman–Crippen MR) is 96.3 cm³/mol. The van der Waals surface area contributed by atoms with E-state index in [0.29, 0.717) is 5.89 Å². The van der Waals surface area contributed by atoms with Crippen molar-refractivity contribution in [1.29, 1.82) is 0 Å². The van der Waals surface area contributed by atoms with Gasteiger partial charge in [-0.2, -0.15) is 0 Å². The van der Waals surface area contributed by atoms with Crippen LogP contribution in [0.4, 0.5) is 0 Å². The molecule has 0 aliphatic rings. The lowest BCUT2D eigenvalue weighted by molar-refractivity contribution is -0.143. The minimum Gasteiger partial charge on any atom is -0.497 e. The predicted octanol–water partition coefficient (Wildman–Crippen LogP) is 4.06. The van der Waals surface area contributed by atoms with Crippen LogP contribution in [-0.2, 0) is 9.53 Å². The van der Waals surface area contributed by atoms with Crippen molar-refractivity contribution in [2.24, 2.45) is 0 Å². The van der Waals surface area contributed by atoms with Crippen LogP contribution >= 0.6 is 0 Å². The van der Waals surface area contributed by atoms with Gasteiger partial charge in [-0.15, -0.1) is 10.2 Å². The molecule has 0 saturated heterocycles. The Hall–Kier alpha value is -3.41. The zero-order valence-corrected chi connectivity index (χ0v) is 14.5. The summed E-state index contributed by atoms with van der Waals surface area (Å²) in [6, 6.07) is 16.7. The highest BCUT2D eigenvalue weighted by Crippen LogP contribution is 2.22. The summed E-state index contributed by atoms with van der Waals surface area (Å²) in [6.07, 6.45) is 2.37. The molecule has 0 unspecified atom stereocenters. The molecule has 0 saturated carbocycles. The van der Waals surface area contributed by atoms with Crippen molar-refractivity contribution in [3.63, 3.8) is 0 Å². The molecule has 3 rings (SSSR count). The van der Waals surface area contributed by atoms with Crippen LogP contribution in [0.1, 0.15) is 24.5 Å². The number of benzene rings is 2. The summed E-state index contributed by atoms with van der Waals surface area (Å²) < 4.78 is 16.0. The number of methoxy groups -OCH3 is 1. The lowest BCUT2D eigenvalue weighted by Gasteiger charge is -2.06. The van der Waals surface area contributed by atoms with Crippen LogP contribution in [0.2, 0.25) is 0 Å². The molecule has 6 heteroatoms. The van der Waals surface area contributed by atoms with E-state index in [1.807, 2.05) is 54.6 Å². The third-order valence-electron chi connectivity index (χ3n) is 3.63. The molecule has 1 aromatic heterocycles. The van der Waals surface area contributed by atoms with Gasteiger partial charge in [0.15, 0.2) is 6.10 Å². The smallest absolute Gasteiger partial charge is 0.331 e. The van der Waals surface area contributed by atoms with E-state index in [0.717, 1.165) is 16.9 Å². The lowest BCUT2D eigenvalue weighted by atomic mass is 10.2. The average molecular weight is 350 g/mol. The molecule has 3 aromatic rings. The van der Waals surface area contributed by atoms with Crippen LogP contribution in [0.5, 0.6) is 5.75 Å². The van der Waals surface area contributed by atoms with E-state index in [4.69, 9.17) is 13.9 Å². The van der Waals surface area contributed by atoms with Gasteiger partial charge in [0.05, 0.1) is 7.11 Å². The summed E-state index contributed by atoms with van der Waals surface area (Å²) >= 11 is 0. The molecule has 0 N–H and O–H groups in total. The maximum absolute atomic E-state index is 12.0. The van der Waals surface area contributed by atoms with E-state index in [2.05, 4.69) is 10.2 Å². The highest BCUT2D eigenvalue weighted by atomic mass is 16.6. The largest absolute Gasteiger partial charge is 0.497 e. The van der Waals surface area contributed by atoms with Gasteiger partial charge in [-0.3, -0.25) is 0 Å². The SMILES string of the molecule is COc1ccc(/C=C/C(=O)O[C@H](C)c2nnc(-c3ccccc3)o2)cc1. The lowest BCUT2D eigenvalue weighted by Crippen LogP contribution is -2.06. The highest BCUT2D eigenvalue weighted by Gasteiger charge is 2.17. The first-order chi connectivity index (χ1) is 12.7. The molecule has 132 valence electrons. The molecule has 1 heterocycles. The third kappa shape index (κ3) is 4.36. The van der Waals surface area contributed by atoms with Gasteiger partial charge in [-0.05, 0) is 42.8 Å². The van der Waals surface area contributed by atoms with Crippen LogP contribution in [0.25, 0.3) is 17.5 Å². The van der Waals surface area contributed by atoms with Gasteiger partial charge in [0.1, 0.15) is 5.75 Å². The number of nitrogens with zero attached hydrogens (tertiary/aromatic N) is 2. The van der Waals surface area contributed by atoms with Gasteiger partial charge >= 0.3 is 5.97 Å². The summed E-state index contributed by atoms with van der Waals surface area (Å²) in [6.45, 7) is 1.68. The van der Waals surface area contributed by atoms with Crippen LogP contribution in [0.3, 0.4) is 0 Å². The second-order valence-electron chi connectivity index (χ2n) is 5.50. The van der Waals surface area contributed by atoms with Crippen molar-refractivity contribution in [1.82, 2.24) is 10.2 Å². The Bertz CT molecular complexity index is 886. The monoisotopic (exact) mass is 350 g/mol. The van der Waals surface area contributed by atoms with Gasteiger partial charge in [-0.25, -0.2) is 4.79 Å². The number of esters is 1. The second kappa shape index (κ2) is 8.11. The molecule has 0 amide bonds. The van der Waals surface area contributed by atoms with Crippen LogP contribution < -0.4 is 4.74 Å². The first-order valence-corrected chi connectivity index (χ1v) is 8.07. The summed E-state index contributed by atoms with van der Waals surface area (Å²) in [5.74, 6) is 0.893. The molecule has 1 atom stereocenters. The fraction of sp³-hybridized carbons (Fsp3) is 0.150. The maximum Gasteiger partial charge on any atom is 0.331 e. The molecule has 2 aromatic carbocycles. The number of carbonyl (C=O) groups excluding carboxylic acids is 1. The van der Waals surface area contributed by atoms with Crippen LogP contribution in [0, 0.1) is 0 Å². The quantitative estimate of drug-likeness (QED) is 0.493. The zero-order valence-electron chi connectivity index (χ0n) is 14.5. The number of aromatic nitrogens is 2. The maximum atomic E-state index is 12.0. The Morgan fingerprint density at radius 1 is 1.08 bits per heavy atom. The normalized spacial score (nSPS) is 12.1. The Morgan fingerprint density at radius 3 is 2.50 bits per heavy atom. The molecular weight excluding hydrogens is 332 g/mol. The summed E-state index contributed by atoms with van der Waals surface area (Å²) in [7, 11) is 1.60. The highest BCUT2D eigenvalue weighted by molar-refractivity contribution is 5.87. The van der Waals surface area contributed by atoms with Gasteiger partial charge in [-0.1, -0.05) is 30.3 Å². The van der Waals surface area contributed by atoms with Gasteiger partial charge < -0.3 is 13.9 Å². The molecule has 0 radical (unpaired) electrons. The third-order valence-corrected chi connectivity index (χ3v) is 3.63. The Morgan fingerprint density at radius 2 is 1.81 bits per heavy atom. The molecule has 0 fully saturated rings. The number of hydrogen-bond donors (Lipinski definition) is 0. The first kappa shape index (κ1) is 17.4. The van der Waals surface area contributed by atoms with E-state index in [9.17, 15) is 4.79 Å². The molecular formula is C20H18N2O4. The van der Waals surface area contributed by atoms with Crippen molar-refractivity contribution in [3.8, 4) is 17.2 Å². The van der Waals surface area contributed by atoms with Gasteiger partial charge in [0.25, 0.3) is 5.89 Å². The molecule has 0 aliphatic carbocycles. The van der Waals surface area contributed by atoms with E-state index >= 15 is 0 Å². The average Bonchev–Trinajstić information content (AvgIpc) is 3.18. The number of ether oxygens (including phenoxy) is 2. The first-order valence-electron chi connectivity index (χ1n) is 8.07. The fourth-order valence-electron chi connectivity index (χ4n) is 2.24. The molecule has 26 heavy (non-hydrogen) atoms. The Labute approximate surface area is 151 Å². The molecule has 0 aliphatic heterocycles. The van der Waals surface area contributed by atoms with E-state index in [-0.39, 0.29) is 5.89 Å². The van der Waals surface area contributed by atoms with Gasteiger partial charge in [0.2, 0.25) is 5.89 Å². The molecule has 0 bridgehead atoms. The number of carbonyl (C=O) groups is 1. The zero-order chi connectivity index (χ0) is 18.4. The fourth-order valence-corrected chi connectivity index (χ4v) is 2.24. The summed E-state index contributed by atoms with van der Waals surface area (Å²) in [5, 5.41) is 7.94. The minimum atomic E-state index is -0.645. The van der Waals surface area contributed by atoms with Crippen molar-refractivity contribution in [2.45, 2.75) is 13.0 Å². The summed E-state index contributed by atoms with van der Waals surface area (Å²) in [4.78, 5) is 12.0. The molecule has 0 spiro atoms. The number of hydrogen-bond acceptors (Lipinski definition) is 6. The van der Waals surface area contributed by atoms with E-state index < -0.39 is 12.1 Å². The second-order valence-corrected chi connectivity index (χ2v) is 5.50. The van der Waals surface area contributed by atoms with Crippen molar-refractivity contribution in [3.05, 3.63) is 72.1 Å². The Balaban J connectivity index is 1.60. The van der Waals surface area contributed by atoms with Crippen LogP contribution in [0.15, 0.2) is 65.1 Å². The molecule has 6 nitrogen and oxygen atoms in total. The van der Waals surface area contributed by atoms with E-state index in [1.165, 1.54) is 6.08 Å². The minimum absolute atomic E-state index is 0.245. The van der Waals surface area contributed by atoms with E-state index in [1.54, 1.807) is 20.1 Å². The topological polar surface area (TPSA) is 74.5 Å². The van der Waals surface area contributed by atoms with Crippen molar-refractivity contribution in [2.75, 3.05) is 7.11 Å². The van der Waals surface area contributed by atoms with Gasteiger partial charge in [0, 0.05) is 11.6 Å². The standard InChI is InChI=1S/C20H18N2O4/c1-14(19-21-22-20(26-19)16-6-4-3-5-7-16)25-18(23)13-10-15-8-11-17(24-2)12-9-15/h3-14H,1-2H3/b13-10+/t14-/m1/s1. The van der Waals surface area contributed by atoms with Crippen LogP contribution in [-0.4, -0.2) is 23.3 Å². The number of rotatable bonds is 6. The van der Waals surface area contributed by atoms with Crippen molar-refractivity contribution < 1.29 is 18.7 Å².